The molecule has 1 saturated heterocycles. The van der Waals surface area contributed by atoms with E-state index in [1.165, 1.54) is 0 Å². The van der Waals surface area contributed by atoms with Crippen LogP contribution in [0.5, 0.6) is 0 Å². The summed E-state index contributed by atoms with van der Waals surface area (Å²) in [6.45, 7) is 2.01. The van der Waals surface area contributed by atoms with Gasteiger partial charge in [-0.05, 0) is 0 Å². The molecule has 2 aromatic heterocycles. The molecular formula is C9H12N6. The van der Waals surface area contributed by atoms with Crippen molar-refractivity contribution in [2.75, 3.05) is 25.0 Å². The lowest BCUT2D eigenvalue weighted by atomic mass is 10.1. The zero-order valence-corrected chi connectivity index (χ0v) is 8.46. The van der Waals surface area contributed by atoms with Crippen LogP contribution in [0.3, 0.4) is 0 Å². The summed E-state index contributed by atoms with van der Waals surface area (Å²) in [6.07, 6.45) is 5.31. The summed E-state index contributed by atoms with van der Waals surface area (Å²) in [5.41, 5.74) is 0.812. The van der Waals surface area contributed by atoms with Crippen molar-refractivity contribution in [3.05, 3.63) is 18.7 Å². The molecular weight excluding hydrogens is 192 g/mol. The Morgan fingerprint density at radius 2 is 2.40 bits per heavy atom. The lowest BCUT2D eigenvalue weighted by molar-refractivity contribution is 0.427. The molecule has 0 unspecified atom stereocenters. The van der Waals surface area contributed by atoms with Crippen LogP contribution in [0.4, 0.5) is 5.82 Å². The Morgan fingerprint density at radius 3 is 3.13 bits per heavy atom. The van der Waals surface area contributed by atoms with Gasteiger partial charge < -0.3 is 10.2 Å². The number of nitrogens with zero attached hydrogens (tertiary/aromatic N) is 5. The molecule has 1 fully saturated rings. The number of nitrogens with one attached hydrogen (secondary N) is 1. The van der Waals surface area contributed by atoms with Crippen molar-refractivity contribution in [2.45, 2.75) is 6.04 Å². The molecule has 0 saturated carbocycles. The van der Waals surface area contributed by atoms with Gasteiger partial charge in [-0.25, -0.2) is 4.98 Å². The number of rotatable bonds is 2. The van der Waals surface area contributed by atoms with Crippen molar-refractivity contribution in [1.29, 1.82) is 0 Å². The van der Waals surface area contributed by atoms with E-state index in [0.29, 0.717) is 6.04 Å². The van der Waals surface area contributed by atoms with Crippen molar-refractivity contribution in [2.24, 2.45) is 0 Å². The van der Waals surface area contributed by atoms with Crippen LogP contribution in [0.25, 0.3) is 5.65 Å². The van der Waals surface area contributed by atoms with Crippen molar-refractivity contribution in [3.63, 3.8) is 0 Å². The van der Waals surface area contributed by atoms with Crippen LogP contribution in [0.15, 0.2) is 18.7 Å². The Bertz CT molecular complexity index is 474. The van der Waals surface area contributed by atoms with Crippen LogP contribution in [0, 0.1) is 0 Å². The smallest absolute Gasteiger partial charge is 0.203 e. The van der Waals surface area contributed by atoms with E-state index in [0.717, 1.165) is 24.6 Å². The molecule has 15 heavy (non-hydrogen) atoms. The molecule has 0 bridgehead atoms. The second-order valence-electron chi connectivity index (χ2n) is 3.74. The third-order valence-corrected chi connectivity index (χ3v) is 2.84. The van der Waals surface area contributed by atoms with Crippen LogP contribution in [-0.4, -0.2) is 45.8 Å². The van der Waals surface area contributed by atoms with E-state index in [-0.39, 0.29) is 0 Å². The molecule has 0 aliphatic carbocycles. The van der Waals surface area contributed by atoms with E-state index in [1.807, 2.05) is 17.6 Å². The summed E-state index contributed by atoms with van der Waals surface area (Å²) in [6, 6.07) is 0.514. The van der Waals surface area contributed by atoms with Gasteiger partial charge in [0.05, 0.1) is 6.04 Å². The summed E-state index contributed by atoms with van der Waals surface area (Å²) in [7, 11) is 2.04. The predicted octanol–water partition coefficient (Wildman–Crippen LogP) is -0.468. The number of likely N-dealkylation sites (N-methyl/N-ethyl adjacent to an activating group) is 1. The predicted molar refractivity (Wildman–Crippen MR) is 55.8 cm³/mol. The number of aromatic nitrogens is 4. The quantitative estimate of drug-likeness (QED) is 0.717. The highest BCUT2D eigenvalue weighted by Crippen LogP contribution is 2.18. The Labute approximate surface area is 86.9 Å². The SMILES string of the molecule is CN(c1nccn2cnnc12)C1CNC1. The van der Waals surface area contributed by atoms with Gasteiger partial charge in [0.15, 0.2) is 5.82 Å². The molecule has 6 heteroatoms. The van der Waals surface area contributed by atoms with Gasteiger partial charge in [0.2, 0.25) is 5.65 Å². The van der Waals surface area contributed by atoms with Gasteiger partial charge in [-0.15, -0.1) is 10.2 Å². The summed E-state index contributed by atoms with van der Waals surface area (Å²) < 4.78 is 1.88. The number of hydrogen-bond donors (Lipinski definition) is 1. The van der Waals surface area contributed by atoms with E-state index in [9.17, 15) is 0 Å². The third-order valence-electron chi connectivity index (χ3n) is 2.84. The lowest BCUT2D eigenvalue weighted by Crippen LogP contribution is -2.56. The first-order valence-corrected chi connectivity index (χ1v) is 4.94. The van der Waals surface area contributed by atoms with Crippen LogP contribution in [0.1, 0.15) is 0 Å². The Balaban J connectivity index is 2.05. The van der Waals surface area contributed by atoms with Crippen LogP contribution in [-0.2, 0) is 0 Å². The number of fused-ring (bicyclic) bond motifs is 1. The van der Waals surface area contributed by atoms with Gasteiger partial charge in [-0.3, -0.25) is 4.40 Å². The van der Waals surface area contributed by atoms with E-state index in [2.05, 4.69) is 25.4 Å². The molecule has 0 atom stereocenters. The fraction of sp³-hybridized carbons (Fsp3) is 0.444. The van der Waals surface area contributed by atoms with Gasteiger partial charge >= 0.3 is 0 Å². The van der Waals surface area contributed by atoms with Crippen molar-refractivity contribution >= 4 is 11.5 Å². The first-order valence-electron chi connectivity index (χ1n) is 4.94. The summed E-state index contributed by atoms with van der Waals surface area (Å²) in [5.74, 6) is 0.890. The van der Waals surface area contributed by atoms with Gasteiger partial charge in [-0.2, -0.15) is 0 Å². The molecule has 3 heterocycles. The molecule has 0 aromatic carbocycles. The highest BCUT2D eigenvalue weighted by atomic mass is 15.3. The number of hydrogen-bond acceptors (Lipinski definition) is 5. The van der Waals surface area contributed by atoms with Crippen LogP contribution in [0.2, 0.25) is 0 Å². The minimum absolute atomic E-state index is 0.514. The zero-order valence-electron chi connectivity index (χ0n) is 8.46. The fourth-order valence-corrected chi connectivity index (χ4v) is 1.71. The van der Waals surface area contributed by atoms with Crippen molar-refractivity contribution in [1.82, 2.24) is 24.9 Å². The van der Waals surface area contributed by atoms with Crippen LogP contribution < -0.4 is 10.2 Å². The van der Waals surface area contributed by atoms with Gasteiger partial charge in [0.1, 0.15) is 6.33 Å². The molecule has 1 aliphatic rings. The zero-order chi connectivity index (χ0) is 10.3. The first-order chi connectivity index (χ1) is 7.36. The first kappa shape index (κ1) is 8.60. The van der Waals surface area contributed by atoms with E-state index in [1.54, 1.807) is 12.5 Å². The van der Waals surface area contributed by atoms with Crippen molar-refractivity contribution < 1.29 is 0 Å². The third kappa shape index (κ3) is 1.25. The highest BCUT2D eigenvalue weighted by molar-refractivity contribution is 5.63. The summed E-state index contributed by atoms with van der Waals surface area (Å²) >= 11 is 0. The average molecular weight is 204 g/mol. The summed E-state index contributed by atoms with van der Waals surface area (Å²) in [5, 5.41) is 11.2. The topological polar surface area (TPSA) is 58.4 Å². The molecule has 1 aliphatic heterocycles. The maximum Gasteiger partial charge on any atom is 0.203 e. The lowest BCUT2D eigenvalue weighted by Gasteiger charge is -2.36. The average Bonchev–Trinajstić information content (AvgIpc) is 2.61. The highest BCUT2D eigenvalue weighted by Gasteiger charge is 2.24. The molecule has 0 radical (unpaired) electrons. The molecule has 3 rings (SSSR count). The standard InChI is InChI=1S/C9H12N6/c1-14(7-4-10-5-7)8-9-13-12-6-15(9)3-2-11-8/h2-3,6-7,10H,4-5H2,1H3. The maximum atomic E-state index is 4.36. The van der Waals surface area contributed by atoms with Crippen LogP contribution >= 0.6 is 0 Å². The van der Waals surface area contributed by atoms with Crippen molar-refractivity contribution in [3.8, 4) is 0 Å². The Hall–Kier alpha value is -1.69. The van der Waals surface area contributed by atoms with E-state index < -0.39 is 0 Å². The molecule has 1 N–H and O–H groups in total. The van der Waals surface area contributed by atoms with E-state index >= 15 is 0 Å². The molecule has 6 nitrogen and oxygen atoms in total. The summed E-state index contributed by atoms with van der Waals surface area (Å²) in [4.78, 5) is 6.51. The molecule has 0 spiro atoms. The molecule has 2 aromatic rings. The van der Waals surface area contributed by atoms with Gasteiger partial charge in [-0.1, -0.05) is 0 Å². The maximum absolute atomic E-state index is 4.36. The largest absolute Gasteiger partial charge is 0.351 e. The fourth-order valence-electron chi connectivity index (χ4n) is 1.71. The van der Waals surface area contributed by atoms with Gasteiger partial charge in [0, 0.05) is 32.5 Å². The molecule has 78 valence electrons. The Morgan fingerprint density at radius 1 is 1.53 bits per heavy atom. The second kappa shape index (κ2) is 3.16. The Kier molecular flexibility index (Phi) is 1.81. The molecule has 0 amide bonds. The van der Waals surface area contributed by atoms with E-state index in [4.69, 9.17) is 0 Å². The second-order valence-corrected chi connectivity index (χ2v) is 3.74. The van der Waals surface area contributed by atoms with Gasteiger partial charge in [0.25, 0.3) is 0 Å². The normalized spacial score (nSPS) is 16.6. The minimum Gasteiger partial charge on any atom is -0.351 e. The monoisotopic (exact) mass is 204 g/mol. The minimum atomic E-state index is 0.514. The number of anilines is 1.